The maximum atomic E-state index is 5.80. The average Bonchev–Trinajstić information content (AvgIpc) is 2.74. The Balaban J connectivity index is 1.52. The molecule has 0 bridgehead atoms. The van der Waals surface area contributed by atoms with E-state index in [9.17, 15) is 0 Å². The minimum absolute atomic E-state index is 0.222. The van der Waals surface area contributed by atoms with Crippen LogP contribution in [0.15, 0.2) is 47.6 Å². The second-order valence-corrected chi connectivity index (χ2v) is 7.28. The van der Waals surface area contributed by atoms with Gasteiger partial charge in [-0.2, -0.15) is 0 Å². The summed E-state index contributed by atoms with van der Waals surface area (Å²) in [6, 6.07) is 12.1. The number of rotatable bonds is 6. The number of hydrogen-bond acceptors (Lipinski definition) is 5. The number of methoxy groups -OCH3 is 1. The van der Waals surface area contributed by atoms with Gasteiger partial charge >= 0.3 is 0 Å². The van der Waals surface area contributed by atoms with Crippen molar-refractivity contribution in [1.82, 2.24) is 15.6 Å². The predicted octanol–water partition coefficient (Wildman–Crippen LogP) is 2.57. The smallest absolute Gasteiger partial charge is 0.191 e. The van der Waals surface area contributed by atoms with E-state index in [1.165, 1.54) is 0 Å². The number of aromatic nitrogens is 1. The summed E-state index contributed by atoms with van der Waals surface area (Å²) in [5, 5.41) is 6.65. The maximum absolute atomic E-state index is 5.80. The van der Waals surface area contributed by atoms with Crippen molar-refractivity contribution >= 4 is 11.8 Å². The molecule has 2 atom stereocenters. The lowest BCUT2D eigenvalue weighted by Crippen LogP contribution is -2.45. The van der Waals surface area contributed by atoms with E-state index in [4.69, 9.17) is 9.47 Å². The molecule has 1 aliphatic rings. The van der Waals surface area contributed by atoms with Gasteiger partial charge in [0.25, 0.3) is 0 Å². The van der Waals surface area contributed by atoms with Gasteiger partial charge in [0.2, 0.25) is 0 Å². The van der Waals surface area contributed by atoms with Crippen LogP contribution in [0, 0.1) is 0 Å². The van der Waals surface area contributed by atoms with E-state index in [2.05, 4.69) is 51.5 Å². The first-order valence-corrected chi connectivity index (χ1v) is 10.0. The number of para-hydroxylation sites is 1. The van der Waals surface area contributed by atoms with Crippen molar-refractivity contribution in [3.8, 4) is 5.75 Å². The molecular formula is C22H31N5O2. The zero-order chi connectivity index (χ0) is 20.6. The summed E-state index contributed by atoms with van der Waals surface area (Å²) in [4.78, 5) is 11.2. The molecule has 7 nitrogen and oxygen atoms in total. The van der Waals surface area contributed by atoms with Crippen LogP contribution in [0.3, 0.4) is 0 Å². The highest BCUT2D eigenvalue weighted by molar-refractivity contribution is 5.79. The minimum atomic E-state index is 0.222. The van der Waals surface area contributed by atoms with Gasteiger partial charge in [0.15, 0.2) is 5.96 Å². The fraction of sp³-hybridized carbons (Fsp3) is 0.455. The lowest BCUT2D eigenvalue weighted by Gasteiger charge is -2.36. The molecule has 0 amide bonds. The van der Waals surface area contributed by atoms with E-state index >= 15 is 0 Å². The number of hydrogen-bond donors (Lipinski definition) is 2. The van der Waals surface area contributed by atoms with Crippen LogP contribution < -0.4 is 20.3 Å². The molecule has 156 valence electrons. The van der Waals surface area contributed by atoms with Gasteiger partial charge in [-0.3, -0.25) is 4.99 Å². The van der Waals surface area contributed by atoms with Crippen molar-refractivity contribution in [3.05, 3.63) is 53.7 Å². The van der Waals surface area contributed by atoms with Gasteiger partial charge in [-0.05, 0) is 31.5 Å². The molecule has 2 unspecified atom stereocenters. The lowest BCUT2D eigenvalue weighted by atomic mass is 10.2. The van der Waals surface area contributed by atoms with E-state index in [1.807, 2.05) is 30.5 Å². The van der Waals surface area contributed by atoms with Crippen molar-refractivity contribution in [2.75, 3.05) is 32.1 Å². The molecule has 2 aromatic rings. The van der Waals surface area contributed by atoms with Crippen LogP contribution in [0.25, 0.3) is 0 Å². The number of pyridine rings is 1. The Morgan fingerprint density at radius 3 is 2.52 bits per heavy atom. The summed E-state index contributed by atoms with van der Waals surface area (Å²) in [6.45, 7) is 7.22. The van der Waals surface area contributed by atoms with E-state index < -0.39 is 0 Å². The van der Waals surface area contributed by atoms with Crippen molar-refractivity contribution in [3.63, 3.8) is 0 Å². The molecule has 1 fully saturated rings. The van der Waals surface area contributed by atoms with Gasteiger partial charge in [-0.25, -0.2) is 4.98 Å². The Morgan fingerprint density at radius 1 is 1.14 bits per heavy atom. The lowest BCUT2D eigenvalue weighted by molar-refractivity contribution is -0.00545. The normalized spacial score (nSPS) is 19.7. The molecule has 7 heteroatoms. The second-order valence-electron chi connectivity index (χ2n) is 7.28. The molecule has 3 rings (SSSR count). The first-order valence-electron chi connectivity index (χ1n) is 10.0. The largest absolute Gasteiger partial charge is 0.496 e. The molecule has 0 saturated carbocycles. The predicted molar refractivity (Wildman–Crippen MR) is 116 cm³/mol. The van der Waals surface area contributed by atoms with Gasteiger partial charge in [0, 0.05) is 45.0 Å². The molecular weight excluding hydrogens is 366 g/mol. The van der Waals surface area contributed by atoms with Crippen LogP contribution in [-0.2, 0) is 17.8 Å². The van der Waals surface area contributed by atoms with E-state index in [0.717, 1.165) is 41.7 Å². The van der Waals surface area contributed by atoms with Gasteiger partial charge in [-0.1, -0.05) is 24.3 Å². The molecule has 1 aromatic carbocycles. The molecule has 29 heavy (non-hydrogen) atoms. The molecule has 2 N–H and O–H groups in total. The Kier molecular flexibility index (Phi) is 7.30. The number of guanidine groups is 1. The average molecular weight is 398 g/mol. The molecule has 0 aliphatic carbocycles. The highest BCUT2D eigenvalue weighted by atomic mass is 16.5. The number of aliphatic imine (C=N–C) groups is 1. The number of nitrogens with one attached hydrogen (secondary N) is 2. The van der Waals surface area contributed by atoms with Crippen LogP contribution in [0.2, 0.25) is 0 Å². The zero-order valence-electron chi connectivity index (χ0n) is 17.7. The van der Waals surface area contributed by atoms with E-state index in [-0.39, 0.29) is 12.2 Å². The summed E-state index contributed by atoms with van der Waals surface area (Å²) in [5.41, 5.74) is 2.18. The van der Waals surface area contributed by atoms with E-state index in [0.29, 0.717) is 13.1 Å². The Hall–Kier alpha value is -2.80. The summed E-state index contributed by atoms with van der Waals surface area (Å²) < 4.78 is 11.2. The Bertz CT molecular complexity index is 799. The third-order valence-electron chi connectivity index (χ3n) is 4.88. The summed E-state index contributed by atoms with van der Waals surface area (Å²) in [5.74, 6) is 2.59. The summed E-state index contributed by atoms with van der Waals surface area (Å²) in [6.07, 6.45) is 2.36. The summed E-state index contributed by atoms with van der Waals surface area (Å²) in [7, 11) is 3.44. The van der Waals surface area contributed by atoms with Crippen LogP contribution in [0.1, 0.15) is 25.0 Å². The number of ether oxygens (including phenoxy) is 2. The summed E-state index contributed by atoms with van der Waals surface area (Å²) >= 11 is 0. The molecule has 0 radical (unpaired) electrons. The Labute approximate surface area is 173 Å². The zero-order valence-corrected chi connectivity index (χ0v) is 17.7. The van der Waals surface area contributed by atoms with Crippen molar-refractivity contribution < 1.29 is 9.47 Å². The molecule has 1 saturated heterocycles. The first kappa shape index (κ1) is 20.9. The van der Waals surface area contributed by atoms with Gasteiger partial charge in [-0.15, -0.1) is 0 Å². The third-order valence-corrected chi connectivity index (χ3v) is 4.88. The van der Waals surface area contributed by atoms with Gasteiger partial charge in [0.1, 0.15) is 11.6 Å². The van der Waals surface area contributed by atoms with E-state index in [1.54, 1.807) is 14.2 Å². The third kappa shape index (κ3) is 5.84. The van der Waals surface area contributed by atoms with Crippen LogP contribution >= 0.6 is 0 Å². The highest BCUT2D eigenvalue weighted by Crippen LogP contribution is 2.18. The number of benzene rings is 1. The van der Waals surface area contributed by atoms with Crippen molar-refractivity contribution in [2.45, 2.75) is 39.1 Å². The van der Waals surface area contributed by atoms with Gasteiger partial charge < -0.3 is 25.0 Å². The fourth-order valence-corrected chi connectivity index (χ4v) is 3.51. The quantitative estimate of drug-likeness (QED) is 0.577. The van der Waals surface area contributed by atoms with Crippen LogP contribution in [-0.4, -0.2) is 50.4 Å². The maximum Gasteiger partial charge on any atom is 0.191 e. The van der Waals surface area contributed by atoms with Crippen LogP contribution in [0.4, 0.5) is 5.82 Å². The SMILES string of the molecule is CN=C(NCc1ccc(N2CC(C)OC(C)C2)nc1)NCc1ccccc1OC. The van der Waals surface area contributed by atoms with Crippen LogP contribution in [0.5, 0.6) is 5.75 Å². The minimum Gasteiger partial charge on any atom is -0.496 e. The standard InChI is InChI=1S/C22H31N5O2/c1-16-14-27(15-17(2)29-16)21-10-9-18(11-24-21)12-25-22(23-3)26-13-19-7-5-6-8-20(19)28-4/h5-11,16-17H,12-15H2,1-4H3,(H2,23,25,26). The van der Waals surface area contributed by atoms with Crippen molar-refractivity contribution in [1.29, 1.82) is 0 Å². The molecule has 1 aliphatic heterocycles. The highest BCUT2D eigenvalue weighted by Gasteiger charge is 2.22. The second kappa shape index (κ2) is 10.1. The molecule has 1 aromatic heterocycles. The van der Waals surface area contributed by atoms with Crippen molar-refractivity contribution in [2.24, 2.45) is 4.99 Å². The number of nitrogens with zero attached hydrogens (tertiary/aromatic N) is 3. The molecule has 0 spiro atoms. The topological polar surface area (TPSA) is 71.0 Å². The first-order chi connectivity index (χ1) is 14.1. The van der Waals surface area contributed by atoms with Gasteiger partial charge in [0.05, 0.1) is 19.3 Å². The number of anilines is 1. The Morgan fingerprint density at radius 2 is 1.86 bits per heavy atom. The monoisotopic (exact) mass is 397 g/mol. The fourth-order valence-electron chi connectivity index (χ4n) is 3.51. The number of morpholine rings is 1. The molecule has 2 heterocycles.